The van der Waals surface area contributed by atoms with Crippen molar-refractivity contribution in [1.29, 1.82) is 0 Å². The maximum absolute atomic E-state index is 13.2. The lowest BCUT2D eigenvalue weighted by molar-refractivity contribution is -0.139. The van der Waals surface area contributed by atoms with Gasteiger partial charge in [0.2, 0.25) is 5.91 Å². The maximum Gasteiger partial charge on any atom is 0.407 e. The zero-order valence-corrected chi connectivity index (χ0v) is 19.7. The molecule has 7 heteroatoms. The summed E-state index contributed by atoms with van der Waals surface area (Å²) in [5.41, 5.74) is 4.54. The van der Waals surface area contributed by atoms with Crippen LogP contribution in [0.1, 0.15) is 50.2 Å². The first-order chi connectivity index (χ1) is 16.3. The lowest BCUT2D eigenvalue weighted by Gasteiger charge is -2.29. The second-order valence-electron chi connectivity index (χ2n) is 9.56. The molecule has 2 N–H and O–H groups in total. The van der Waals surface area contributed by atoms with Gasteiger partial charge in [-0.25, -0.2) is 4.79 Å². The summed E-state index contributed by atoms with van der Waals surface area (Å²) in [4.78, 5) is 38.7. The summed E-state index contributed by atoms with van der Waals surface area (Å²) >= 11 is 0. The molecule has 2 aromatic carbocycles. The van der Waals surface area contributed by atoms with Crippen LogP contribution in [0.4, 0.5) is 4.79 Å². The minimum Gasteiger partial charge on any atom is -0.481 e. The molecule has 0 aliphatic heterocycles. The van der Waals surface area contributed by atoms with Gasteiger partial charge in [-0.3, -0.25) is 9.59 Å². The lowest BCUT2D eigenvalue weighted by Crippen LogP contribution is -2.52. The number of nitrogens with zero attached hydrogens (tertiary/aromatic N) is 1. The highest BCUT2D eigenvalue weighted by atomic mass is 16.5. The van der Waals surface area contributed by atoms with E-state index in [0.29, 0.717) is 12.5 Å². The molecule has 1 fully saturated rings. The molecule has 0 saturated heterocycles. The van der Waals surface area contributed by atoms with Crippen LogP contribution in [0.3, 0.4) is 0 Å². The number of hydrogen-bond donors (Lipinski definition) is 2. The van der Waals surface area contributed by atoms with Crippen LogP contribution < -0.4 is 5.32 Å². The molecular formula is C27H32N2O5. The highest BCUT2D eigenvalue weighted by Crippen LogP contribution is 2.44. The largest absolute Gasteiger partial charge is 0.481 e. The third-order valence-corrected chi connectivity index (χ3v) is 6.63. The fourth-order valence-corrected chi connectivity index (χ4v) is 4.61. The molecule has 0 bridgehead atoms. The number of alkyl carbamates (subject to hydrolysis) is 1. The van der Waals surface area contributed by atoms with Crippen LogP contribution in [0.2, 0.25) is 0 Å². The van der Waals surface area contributed by atoms with Crippen LogP contribution in [-0.4, -0.2) is 53.7 Å². The predicted molar refractivity (Wildman–Crippen MR) is 128 cm³/mol. The number of hydrogen-bond acceptors (Lipinski definition) is 4. The fourth-order valence-electron chi connectivity index (χ4n) is 4.61. The quantitative estimate of drug-likeness (QED) is 0.548. The van der Waals surface area contributed by atoms with Crippen molar-refractivity contribution in [3.05, 3.63) is 59.7 Å². The van der Waals surface area contributed by atoms with Gasteiger partial charge in [-0.2, -0.15) is 0 Å². The Hall–Kier alpha value is -3.35. The molecular weight excluding hydrogens is 432 g/mol. The molecule has 2 amide bonds. The number of amides is 2. The number of carboxylic acids is 1. The topological polar surface area (TPSA) is 95.9 Å². The van der Waals surface area contributed by atoms with E-state index in [1.165, 1.54) is 0 Å². The van der Waals surface area contributed by atoms with Gasteiger partial charge < -0.3 is 20.1 Å². The van der Waals surface area contributed by atoms with Gasteiger partial charge in [-0.1, -0.05) is 62.4 Å². The smallest absolute Gasteiger partial charge is 0.407 e. The highest BCUT2D eigenvalue weighted by Gasteiger charge is 2.34. The molecule has 2 aliphatic rings. The minimum absolute atomic E-state index is 0.0618. The second kappa shape index (κ2) is 10.3. The van der Waals surface area contributed by atoms with Gasteiger partial charge in [-0.15, -0.1) is 0 Å². The Bertz CT molecular complexity index is 1020. The molecule has 34 heavy (non-hydrogen) atoms. The molecule has 0 heterocycles. The summed E-state index contributed by atoms with van der Waals surface area (Å²) in [5, 5.41) is 11.8. The van der Waals surface area contributed by atoms with E-state index in [0.717, 1.165) is 35.1 Å². The maximum atomic E-state index is 13.2. The van der Waals surface area contributed by atoms with Crippen LogP contribution in [0.25, 0.3) is 11.1 Å². The molecule has 0 aromatic heterocycles. The van der Waals surface area contributed by atoms with Gasteiger partial charge in [0.25, 0.3) is 0 Å². The van der Waals surface area contributed by atoms with Gasteiger partial charge in [0, 0.05) is 19.0 Å². The molecule has 4 rings (SSSR count). The molecule has 2 aromatic rings. The Morgan fingerprint density at radius 2 is 1.62 bits per heavy atom. The van der Waals surface area contributed by atoms with Crippen LogP contribution in [-0.2, 0) is 14.3 Å². The van der Waals surface area contributed by atoms with Crippen molar-refractivity contribution in [1.82, 2.24) is 10.2 Å². The Morgan fingerprint density at radius 1 is 1.03 bits per heavy atom. The first-order valence-electron chi connectivity index (χ1n) is 12.0. The SMILES string of the molecule is CC(C)[C@@H](NC(=O)OCC1c2ccccc2-c2ccccc21)C(=O)N(CCC(=O)O)CC1CC1. The molecule has 0 unspecified atom stereocenters. The number of rotatable bonds is 10. The van der Waals surface area contributed by atoms with E-state index in [9.17, 15) is 14.4 Å². The van der Waals surface area contributed by atoms with E-state index in [1.807, 2.05) is 38.1 Å². The van der Waals surface area contributed by atoms with Crippen LogP contribution >= 0.6 is 0 Å². The summed E-state index contributed by atoms with van der Waals surface area (Å²) in [6.45, 7) is 4.56. The van der Waals surface area contributed by atoms with Crippen molar-refractivity contribution in [3.8, 4) is 11.1 Å². The van der Waals surface area contributed by atoms with E-state index in [-0.39, 0.29) is 37.3 Å². The van der Waals surface area contributed by atoms with Gasteiger partial charge >= 0.3 is 12.1 Å². The summed E-state index contributed by atoms with van der Waals surface area (Å²) in [5.74, 6) is -1.01. The van der Waals surface area contributed by atoms with Gasteiger partial charge in [0.15, 0.2) is 0 Å². The summed E-state index contributed by atoms with van der Waals surface area (Å²) in [6.07, 6.45) is 1.33. The van der Waals surface area contributed by atoms with Crippen LogP contribution in [0.15, 0.2) is 48.5 Å². The number of benzene rings is 2. The number of carbonyl (C=O) groups is 3. The van der Waals surface area contributed by atoms with Crippen molar-refractivity contribution in [3.63, 3.8) is 0 Å². The third-order valence-electron chi connectivity index (χ3n) is 6.63. The average molecular weight is 465 g/mol. The van der Waals surface area contributed by atoms with Crippen molar-refractivity contribution in [2.75, 3.05) is 19.7 Å². The van der Waals surface area contributed by atoms with E-state index in [1.54, 1.807) is 4.90 Å². The summed E-state index contributed by atoms with van der Waals surface area (Å²) in [6, 6.07) is 15.5. The molecule has 7 nitrogen and oxygen atoms in total. The van der Waals surface area contributed by atoms with E-state index < -0.39 is 18.1 Å². The van der Waals surface area contributed by atoms with Crippen LogP contribution in [0, 0.1) is 11.8 Å². The van der Waals surface area contributed by atoms with Gasteiger partial charge in [-0.05, 0) is 46.9 Å². The van der Waals surface area contributed by atoms with Crippen molar-refractivity contribution >= 4 is 18.0 Å². The molecule has 0 radical (unpaired) electrons. The van der Waals surface area contributed by atoms with Crippen molar-refractivity contribution < 1.29 is 24.2 Å². The fraction of sp³-hybridized carbons (Fsp3) is 0.444. The Kier molecular flexibility index (Phi) is 7.20. The van der Waals surface area contributed by atoms with Gasteiger partial charge in [0.1, 0.15) is 12.6 Å². The second-order valence-corrected chi connectivity index (χ2v) is 9.56. The van der Waals surface area contributed by atoms with Crippen molar-refractivity contribution in [2.24, 2.45) is 11.8 Å². The molecule has 1 saturated carbocycles. The van der Waals surface area contributed by atoms with Crippen molar-refractivity contribution in [2.45, 2.75) is 45.1 Å². The average Bonchev–Trinajstić information content (AvgIpc) is 3.59. The molecule has 180 valence electrons. The first-order valence-corrected chi connectivity index (χ1v) is 12.0. The number of nitrogens with one attached hydrogen (secondary N) is 1. The Labute approximate surface area is 200 Å². The first kappa shape index (κ1) is 23.8. The van der Waals surface area contributed by atoms with Gasteiger partial charge in [0.05, 0.1) is 6.42 Å². The van der Waals surface area contributed by atoms with E-state index in [4.69, 9.17) is 9.84 Å². The Morgan fingerprint density at radius 3 is 2.15 bits per heavy atom. The number of carboxylic acid groups (broad SMARTS) is 1. The Balaban J connectivity index is 1.41. The van der Waals surface area contributed by atoms with E-state index >= 15 is 0 Å². The predicted octanol–water partition coefficient (Wildman–Crippen LogP) is 4.26. The van der Waals surface area contributed by atoms with E-state index in [2.05, 4.69) is 29.6 Å². The summed E-state index contributed by atoms with van der Waals surface area (Å²) < 4.78 is 5.63. The molecule has 2 aliphatic carbocycles. The summed E-state index contributed by atoms with van der Waals surface area (Å²) in [7, 11) is 0. The monoisotopic (exact) mass is 464 g/mol. The normalized spacial score (nSPS) is 15.4. The highest BCUT2D eigenvalue weighted by molar-refractivity contribution is 5.86. The zero-order valence-electron chi connectivity index (χ0n) is 19.7. The lowest BCUT2D eigenvalue weighted by atomic mass is 9.98. The third kappa shape index (κ3) is 5.41. The number of aliphatic carboxylic acids is 1. The standard InChI is InChI=1S/C27H32N2O5/c1-17(2)25(26(32)29(14-13-24(30)31)15-18-11-12-18)28-27(33)34-16-23-21-9-5-3-7-19(21)20-8-4-6-10-22(20)23/h3-10,17-18,23,25H,11-16H2,1-2H3,(H,28,33)(H,30,31)/t25-/m1/s1. The zero-order chi connectivity index (χ0) is 24.2. The number of carbonyl (C=O) groups excluding carboxylic acids is 2. The minimum atomic E-state index is -0.945. The molecule has 0 spiro atoms. The number of ether oxygens (including phenoxy) is 1. The van der Waals surface area contributed by atoms with Crippen LogP contribution in [0.5, 0.6) is 0 Å². The number of fused-ring (bicyclic) bond motifs is 3. The molecule has 1 atom stereocenters.